The van der Waals surface area contributed by atoms with Gasteiger partial charge in [0.1, 0.15) is 11.3 Å². The van der Waals surface area contributed by atoms with Crippen LogP contribution in [0.15, 0.2) is 12.4 Å². The Kier molecular flexibility index (Phi) is 4.45. The van der Waals surface area contributed by atoms with Gasteiger partial charge in [-0.2, -0.15) is 0 Å². The van der Waals surface area contributed by atoms with Crippen molar-refractivity contribution in [2.45, 2.75) is 46.1 Å². The fourth-order valence-electron chi connectivity index (χ4n) is 3.09. The molecule has 3 heterocycles. The van der Waals surface area contributed by atoms with Gasteiger partial charge in [-0.25, -0.2) is 9.97 Å². The number of aliphatic hydroxyl groups is 1. The molecule has 0 atom stereocenters. The number of carbonyl (C=O) groups excluding carboxylic acids is 1. The monoisotopic (exact) mass is 345 g/mol. The van der Waals surface area contributed by atoms with Crippen molar-refractivity contribution >= 4 is 22.9 Å². The standard InChI is InChI=1S/C18H27N5O2/c1-17(2)6-8-23(11-17)13-10-21-15-14(22-13)12(9-20-15)16(24)19-7-5-18(3,4)25/h9-10,25H,5-8,11H2,1-4H3,(H,19,24)(H,20,21). The second kappa shape index (κ2) is 6.29. The van der Waals surface area contributed by atoms with E-state index in [1.165, 1.54) is 0 Å². The predicted molar refractivity (Wildman–Crippen MR) is 97.7 cm³/mol. The molecule has 0 saturated carbocycles. The zero-order valence-corrected chi connectivity index (χ0v) is 15.4. The van der Waals surface area contributed by atoms with E-state index in [4.69, 9.17) is 0 Å². The highest BCUT2D eigenvalue weighted by Gasteiger charge is 2.30. The molecule has 3 N–H and O–H groups in total. The van der Waals surface area contributed by atoms with Crippen LogP contribution in [0.2, 0.25) is 0 Å². The van der Waals surface area contributed by atoms with E-state index in [9.17, 15) is 9.90 Å². The molecule has 2 aromatic rings. The van der Waals surface area contributed by atoms with Crippen molar-refractivity contribution in [3.05, 3.63) is 18.0 Å². The SMILES string of the molecule is CC(C)(O)CCNC(=O)c1c[nH]c2ncc(N3CCC(C)(C)C3)nc12. The lowest BCUT2D eigenvalue weighted by Gasteiger charge is -2.20. The van der Waals surface area contributed by atoms with Gasteiger partial charge in [0.2, 0.25) is 0 Å². The Labute approximate surface area is 147 Å². The first-order valence-corrected chi connectivity index (χ1v) is 8.74. The predicted octanol–water partition coefficient (Wildman–Crippen LogP) is 2.08. The highest BCUT2D eigenvalue weighted by molar-refractivity contribution is 6.04. The van der Waals surface area contributed by atoms with Crippen molar-refractivity contribution in [1.82, 2.24) is 20.3 Å². The molecule has 0 bridgehead atoms. The molecule has 7 nitrogen and oxygen atoms in total. The number of fused-ring (bicyclic) bond motifs is 1. The summed E-state index contributed by atoms with van der Waals surface area (Å²) >= 11 is 0. The van der Waals surface area contributed by atoms with Crippen LogP contribution in [0, 0.1) is 5.41 Å². The maximum atomic E-state index is 12.4. The van der Waals surface area contributed by atoms with E-state index in [0.29, 0.717) is 29.7 Å². The molecule has 0 spiro atoms. The Balaban J connectivity index is 1.78. The zero-order valence-electron chi connectivity index (χ0n) is 15.4. The number of aromatic amines is 1. The van der Waals surface area contributed by atoms with Crippen LogP contribution in [0.1, 0.15) is 50.9 Å². The van der Waals surface area contributed by atoms with Crippen LogP contribution in [-0.4, -0.2) is 51.2 Å². The second-order valence-electron chi connectivity index (χ2n) is 8.28. The van der Waals surface area contributed by atoms with Crippen molar-refractivity contribution in [1.29, 1.82) is 0 Å². The summed E-state index contributed by atoms with van der Waals surface area (Å²) in [6.45, 7) is 10.2. The molecule has 1 aliphatic heterocycles. The van der Waals surface area contributed by atoms with Gasteiger partial charge in [-0.1, -0.05) is 13.8 Å². The molecule has 1 amide bonds. The summed E-state index contributed by atoms with van der Waals surface area (Å²) in [7, 11) is 0. The second-order valence-corrected chi connectivity index (χ2v) is 8.28. The summed E-state index contributed by atoms with van der Waals surface area (Å²) in [5, 5.41) is 12.6. The molecule has 25 heavy (non-hydrogen) atoms. The number of hydrogen-bond donors (Lipinski definition) is 3. The number of carbonyl (C=O) groups is 1. The first kappa shape index (κ1) is 17.7. The highest BCUT2D eigenvalue weighted by Crippen LogP contribution is 2.32. The van der Waals surface area contributed by atoms with Crippen molar-refractivity contribution in [2.24, 2.45) is 5.41 Å². The Bertz CT molecular complexity index is 775. The minimum Gasteiger partial charge on any atom is -0.390 e. The summed E-state index contributed by atoms with van der Waals surface area (Å²) in [4.78, 5) is 26.8. The van der Waals surface area contributed by atoms with Gasteiger partial charge in [-0.15, -0.1) is 0 Å². The summed E-state index contributed by atoms with van der Waals surface area (Å²) in [5.41, 5.74) is 1.14. The molecule has 136 valence electrons. The van der Waals surface area contributed by atoms with E-state index in [1.54, 1.807) is 26.2 Å². The molecule has 7 heteroatoms. The molecular weight excluding hydrogens is 318 g/mol. The topological polar surface area (TPSA) is 94.1 Å². The number of nitrogens with one attached hydrogen (secondary N) is 2. The third-order valence-corrected chi connectivity index (χ3v) is 4.64. The summed E-state index contributed by atoms with van der Waals surface area (Å²) < 4.78 is 0. The lowest BCUT2D eigenvalue weighted by molar-refractivity contribution is 0.0693. The Morgan fingerprint density at radius 3 is 2.88 bits per heavy atom. The number of H-pyrrole nitrogens is 1. The number of amides is 1. The maximum Gasteiger partial charge on any atom is 0.255 e. The lowest BCUT2D eigenvalue weighted by atomic mass is 9.93. The Morgan fingerprint density at radius 2 is 2.24 bits per heavy atom. The molecule has 0 aromatic carbocycles. The van der Waals surface area contributed by atoms with E-state index in [0.717, 1.165) is 25.3 Å². The first-order valence-electron chi connectivity index (χ1n) is 8.74. The molecule has 1 saturated heterocycles. The van der Waals surface area contributed by atoms with Crippen molar-refractivity contribution in [3.8, 4) is 0 Å². The van der Waals surface area contributed by atoms with Crippen LogP contribution < -0.4 is 10.2 Å². The summed E-state index contributed by atoms with van der Waals surface area (Å²) in [5.74, 6) is 0.604. The van der Waals surface area contributed by atoms with Gasteiger partial charge in [0, 0.05) is 25.8 Å². The van der Waals surface area contributed by atoms with Crippen LogP contribution in [0.5, 0.6) is 0 Å². The molecule has 0 aliphatic carbocycles. The van der Waals surface area contributed by atoms with Gasteiger partial charge in [-0.3, -0.25) is 4.79 Å². The van der Waals surface area contributed by atoms with Gasteiger partial charge in [0.15, 0.2) is 5.65 Å². The minimum atomic E-state index is -0.803. The number of rotatable bonds is 5. The van der Waals surface area contributed by atoms with E-state index < -0.39 is 5.60 Å². The lowest BCUT2D eigenvalue weighted by Crippen LogP contribution is -2.30. The van der Waals surface area contributed by atoms with Gasteiger partial charge >= 0.3 is 0 Å². The van der Waals surface area contributed by atoms with Crippen LogP contribution in [-0.2, 0) is 0 Å². The average molecular weight is 345 g/mol. The van der Waals surface area contributed by atoms with Crippen molar-refractivity contribution in [2.75, 3.05) is 24.5 Å². The third kappa shape index (κ3) is 4.10. The van der Waals surface area contributed by atoms with Gasteiger partial charge in [0.25, 0.3) is 5.91 Å². The fourth-order valence-corrected chi connectivity index (χ4v) is 3.09. The quantitative estimate of drug-likeness (QED) is 0.771. The number of hydrogen-bond acceptors (Lipinski definition) is 5. The average Bonchev–Trinajstić information content (AvgIpc) is 3.08. The molecular formula is C18H27N5O2. The van der Waals surface area contributed by atoms with Gasteiger partial charge in [0.05, 0.1) is 17.4 Å². The zero-order chi connectivity index (χ0) is 18.2. The maximum absolute atomic E-state index is 12.4. The third-order valence-electron chi connectivity index (χ3n) is 4.64. The van der Waals surface area contributed by atoms with Crippen LogP contribution in [0.3, 0.4) is 0 Å². The first-order chi connectivity index (χ1) is 11.6. The smallest absolute Gasteiger partial charge is 0.255 e. The molecule has 1 fully saturated rings. The normalized spacial score (nSPS) is 17.2. The Hall–Kier alpha value is -2.15. The molecule has 2 aromatic heterocycles. The van der Waals surface area contributed by atoms with Crippen molar-refractivity contribution in [3.63, 3.8) is 0 Å². The summed E-state index contributed by atoms with van der Waals surface area (Å²) in [6.07, 6.45) is 5.00. The molecule has 3 rings (SSSR count). The molecule has 0 unspecified atom stereocenters. The molecule has 0 radical (unpaired) electrons. The number of anilines is 1. The number of aromatic nitrogens is 3. The van der Waals surface area contributed by atoms with E-state index in [1.807, 2.05) is 0 Å². The van der Waals surface area contributed by atoms with Crippen molar-refractivity contribution < 1.29 is 9.90 Å². The van der Waals surface area contributed by atoms with E-state index in [2.05, 4.69) is 39.0 Å². The highest BCUT2D eigenvalue weighted by atomic mass is 16.3. The number of nitrogens with zero attached hydrogens (tertiary/aromatic N) is 3. The largest absolute Gasteiger partial charge is 0.390 e. The van der Waals surface area contributed by atoms with E-state index >= 15 is 0 Å². The minimum absolute atomic E-state index is 0.205. The van der Waals surface area contributed by atoms with Crippen LogP contribution in [0.25, 0.3) is 11.2 Å². The fraction of sp³-hybridized carbons (Fsp3) is 0.611. The van der Waals surface area contributed by atoms with Gasteiger partial charge < -0.3 is 20.3 Å². The Morgan fingerprint density at radius 1 is 1.48 bits per heavy atom. The van der Waals surface area contributed by atoms with Gasteiger partial charge in [-0.05, 0) is 32.1 Å². The van der Waals surface area contributed by atoms with Crippen LogP contribution >= 0.6 is 0 Å². The summed E-state index contributed by atoms with van der Waals surface area (Å²) in [6, 6.07) is 0. The van der Waals surface area contributed by atoms with E-state index in [-0.39, 0.29) is 11.3 Å². The molecule has 1 aliphatic rings. The van der Waals surface area contributed by atoms with Crippen LogP contribution in [0.4, 0.5) is 5.82 Å².